The molecule has 0 saturated heterocycles. The number of nitrogens with zero attached hydrogens (tertiary/aromatic N) is 2. The zero-order valence-corrected chi connectivity index (χ0v) is 11.2. The lowest BCUT2D eigenvalue weighted by atomic mass is 10.1. The standard InChI is InChI=1S/C15H12N2O4/c1-11(12-7-9-14(10-8-12)17(19)20)16-21-15(18)13-5-3-2-4-6-13/h2-10H,1H3/b16-11+. The normalized spacial score (nSPS) is 11.0. The van der Waals surface area contributed by atoms with Crippen molar-refractivity contribution in [3.63, 3.8) is 0 Å². The molecule has 0 aromatic heterocycles. The Hall–Kier alpha value is -3.02. The number of nitro groups is 1. The molecule has 0 amide bonds. The predicted molar refractivity (Wildman–Crippen MR) is 77.2 cm³/mol. The third-order valence-electron chi connectivity index (χ3n) is 2.77. The third-order valence-corrected chi connectivity index (χ3v) is 2.77. The molecule has 0 atom stereocenters. The largest absolute Gasteiger partial charge is 0.365 e. The van der Waals surface area contributed by atoms with Gasteiger partial charge in [-0.3, -0.25) is 10.1 Å². The van der Waals surface area contributed by atoms with E-state index in [9.17, 15) is 14.9 Å². The maximum atomic E-state index is 11.7. The number of oxime groups is 1. The fourth-order valence-corrected chi connectivity index (χ4v) is 1.61. The van der Waals surface area contributed by atoms with E-state index in [1.165, 1.54) is 12.1 Å². The maximum Gasteiger partial charge on any atom is 0.365 e. The van der Waals surface area contributed by atoms with E-state index in [0.717, 1.165) is 0 Å². The number of nitro benzene ring substituents is 1. The topological polar surface area (TPSA) is 81.8 Å². The molecule has 0 N–H and O–H groups in total. The molecule has 0 fully saturated rings. The monoisotopic (exact) mass is 284 g/mol. The molecule has 0 saturated carbocycles. The summed E-state index contributed by atoms with van der Waals surface area (Å²) in [5, 5.41) is 14.3. The van der Waals surface area contributed by atoms with Crippen molar-refractivity contribution in [2.75, 3.05) is 0 Å². The van der Waals surface area contributed by atoms with Gasteiger partial charge >= 0.3 is 5.97 Å². The Morgan fingerprint density at radius 3 is 2.24 bits per heavy atom. The van der Waals surface area contributed by atoms with Crippen molar-refractivity contribution in [1.29, 1.82) is 0 Å². The van der Waals surface area contributed by atoms with Crippen molar-refractivity contribution < 1.29 is 14.6 Å². The number of non-ortho nitro benzene ring substituents is 1. The Kier molecular flexibility index (Phi) is 4.40. The SMILES string of the molecule is C/C(=N\OC(=O)c1ccccc1)c1ccc([N+](=O)[O-])cc1. The van der Waals surface area contributed by atoms with Gasteiger partial charge in [0.05, 0.1) is 16.2 Å². The summed E-state index contributed by atoms with van der Waals surface area (Å²) in [7, 11) is 0. The van der Waals surface area contributed by atoms with Crippen molar-refractivity contribution in [3.05, 3.63) is 75.8 Å². The van der Waals surface area contributed by atoms with Crippen molar-refractivity contribution in [2.45, 2.75) is 6.92 Å². The minimum absolute atomic E-state index is 0.00664. The summed E-state index contributed by atoms with van der Waals surface area (Å²) >= 11 is 0. The van der Waals surface area contributed by atoms with Gasteiger partial charge in [0.15, 0.2) is 0 Å². The first-order chi connectivity index (χ1) is 10.1. The van der Waals surface area contributed by atoms with Crippen molar-refractivity contribution in [1.82, 2.24) is 0 Å². The van der Waals surface area contributed by atoms with Gasteiger partial charge in [0.1, 0.15) is 0 Å². The summed E-state index contributed by atoms with van der Waals surface area (Å²) < 4.78 is 0. The van der Waals surface area contributed by atoms with Crippen molar-refractivity contribution >= 4 is 17.4 Å². The van der Waals surface area contributed by atoms with E-state index in [-0.39, 0.29) is 5.69 Å². The average Bonchev–Trinajstić information content (AvgIpc) is 2.53. The third kappa shape index (κ3) is 3.73. The highest BCUT2D eigenvalue weighted by Gasteiger charge is 2.08. The van der Waals surface area contributed by atoms with Crippen LogP contribution < -0.4 is 0 Å². The Bertz CT molecular complexity index is 679. The van der Waals surface area contributed by atoms with Crippen LogP contribution in [0.15, 0.2) is 59.8 Å². The molecule has 2 rings (SSSR count). The fraction of sp³-hybridized carbons (Fsp3) is 0.0667. The Labute approximate surface area is 120 Å². The minimum atomic E-state index is -0.558. The number of benzene rings is 2. The van der Waals surface area contributed by atoms with Crippen LogP contribution in [-0.2, 0) is 4.84 Å². The summed E-state index contributed by atoms with van der Waals surface area (Å²) in [6.07, 6.45) is 0. The smallest absolute Gasteiger partial charge is 0.313 e. The van der Waals surface area contributed by atoms with Crippen LogP contribution in [0.3, 0.4) is 0 Å². The van der Waals surface area contributed by atoms with E-state index in [1.807, 2.05) is 0 Å². The van der Waals surface area contributed by atoms with E-state index in [1.54, 1.807) is 49.4 Å². The van der Waals surface area contributed by atoms with Crippen molar-refractivity contribution in [3.8, 4) is 0 Å². The van der Waals surface area contributed by atoms with E-state index >= 15 is 0 Å². The second-order valence-corrected chi connectivity index (χ2v) is 4.23. The molecule has 0 unspecified atom stereocenters. The second kappa shape index (κ2) is 6.42. The molecule has 6 nitrogen and oxygen atoms in total. The summed E-state index contributed by atoms with van der Waals surface area (Å²) in [5.41, 5.74) is 1.49. The van der Waals surface area contributed by atoms with E-state index in [4.69, 9.17) is 4.84 Å². The first kappa shape index (κ1) is 14.4. The molecule has 0 heterocycles. The van der Waals surface area contributed by atoms with Crippen LogP contribution in [0.25, 0.3) is 0 Å². The maximum absolute atomic E-state index is 11.7. The lowest BCUT2D eigenvalue weighted by Gasteiger charge is -2.01. The van der Waals surface area contributed by atoms with Gasteiger partial charge in [0.25, 0.3) is 5.69 Å². The highest BCUT2D eigenvalue weighted by molar-refractivity contribution is 5.99. The first-order valence-electron chi connectivity index (χ1n) is 6.14. The fourth-order valence-electron chi connectivity index (χ4n) is 1.61. The van der Waals surface area contributed by atoms with Crippen LogP contribution in [-0.4, -0.2) is 16.6 Å². The minimum Gasteiger partial charge on any atom is -0.313 e. The van der Waals surface area contributed by atoms with Gasteiger partial charge in [0.2, 0.25) is 0 Å². The average molecular weight is 284 g/mol. The molecule has 2 aromatic carbocycles. The zero-order valence-electron chi connectivity index (χ0n) is 11.2. The van der Waals surface area contributed by atoms with Gasteiger partial charge in [-0.1, -0.05) is 23.4 Å². The van der Waals surface area contributed by atoms with E-state index < -0.39 is 10.9 Å². The molecule has 0 bridgehead atoms. The molecule has 0 aliphatic heterocycles. The van der Waals surface area contributed by atoms with E-state index in [0.29, 0.717) is 16.8 Å². The highest BCUT2D eigenvalue weighted by Crippen LogP contribution is 2.13. The zero-order chi connectivity index (χ0) is 15.2. The molecule has 106 valence electrons. The number of rotatable bonds is 4. The predicted octanol–water partition coefficient (Wildman–Crippen LogP) is 3.18. The molecule has 0 spiro atoms. The van der Waals surface area contributed by atoms with Gasteiger partial charge in [-0.25, -0.2) is 4.79 Å². The molecule has 6 heteroatoms. The van der Waals surface area contributed by atoms with Crippen LogP contribution in [0.1, 0.15) is 22.8 Å². The number of hydrogen-bond acceptors (Lipinski definition) is 5. The molecule has 2 aromatic rings. The second-order valence-electron chi connectivity index (χ2n) is 4.23. The first-order valence-corrected chi connectivity index (χ1v) is 6.14. The molecule has 0 aliphatic rings. The molecule has 0 radical (unpaired) electrons. The number of carbonyl (C=O) groups excluding carboxylic acids is 1. The van der Waals surface area contributed by atoms with Crippen LogP contribution in [0.2, 0.25) is 0 Å². The summed E-state index contributed by atoms with van der Waals surface area (Å²) in [6, 6.07) is 14.3. The van der Waals surface area contributed by atoms with Gasteiger partial charge in [-0.15, -0.1) is 0 Å². The Morgan fingerprint density at radius 2 is 1.67 bits per heavy atom. The van der Waals surface area contributed by atoms with Crippen LogP contribution in [0.4, 0.5) is 5.69 Å². The lowest BCUT2D eigenvalue weighted by molar-refractivity contribution is -0.384. The van der Waals surface area contributed by atoms with Crippen LogP contribution >= 0.6 is 0 Å². The van der Waals surface area contributed by atoms with Gasteiger partial charge in [-0.05, 0) is 36.8 Å². The van der Waals surface area contributed by atoms with Gasteiger partial charge < -0.3 is 4.84 Å². The van der Waals surface area contributed by atoms with Gasteiger partial charge in [-0.2, -0.15) is 0 Å². The number of hydrogen-bond donors (Lipinski definition) is 0. The Morgan fingerprint density at radius 1 is 1.05 bits per heavy atom. The summed E-state index contributed by atoms with van der Waals surface area (Å²) in [4.78, 5) is 26.6. The van der Waals surface area contributed by atoms with Crippen LogP contribution in [0, 0.1) is 10.1 Å². The van der Waals surface area contributed by atoms with Crippen LogP contribution in [0.5, 0.6) is 0 Å². The summed E-state index contributed by atoms with van der Waals surface area (Å²) in [5.74, 6) is -0.558. The molecule has 21 heavy (non-hydrogen) atoms. The molecule has 0 aliphatic carbocycles. The lowest BCUT2D eigenvalue weighted by Crippen LogP contribution is -2.03. The molecular weight excluding hydrogens is 272 g/mol. The highest BCUT2D eigenvalue weighted by atomic mass is 16.7. The number of carbonyl (C=O) groups is 1. The molecular formula is C15H12N2O4. The van der Waals surface area contributed by atoms with Gasteiger partial charge in [0, 0.05) is 12.1 Å². The quantitative estimate of drug-likeness (QED) is 0.373. The van der Waals surface area contributed by atoms with Crippen molar-refractivity contribution in [2.24, 2.45) is 5.16 Å². The summed E-state index contributed by atoms with van der Waals surface area (Å²) in [6.45, 7) is 1.65. The Balaban J connectivity index is 2.07. The van der Waals surface area contributed by atoms with E-state index in [2.05, 4.69) is 5.16 Å².